The fraction of sp³-hybridized carbons (Fsp3) is 0.519. The van der Waals surface area contributed by atoms with Crippen molar-refractivity contribution in [2.75, 3.05) is 24.5 Å². The Bertz CT molecular complexity index is 1090. The zero-order valence-corrected chi connectivity index (χ0v) is 22.0. The van der Waals surface area contributed by atoms with Crippen molar-refractivity contribution in [3.8, 4) is 10.4 Å². The van der Waals surface area contributed by atoms with E-state index in [0.717, 1.165) is 62.1 Å². The molecule has 1 amide bonds. The predicted molar refractivity (Wildman–Crippen MR) is 136 cm³/mol. The number of aliphatic carboxylic acids is 1. The zero-order chi connectivity index (χ0) is 27.9. The average molecular weight is 555 g/mol. The van der Waals surface area contributed by atoms with Crippen molar-refractivity contribution in [1.82, 2.24) is 0 Å². The van der Waals surface area contributed by atoms with Crippen molar-refractivity contribution in [2.45, 2.75) is 51.6 Å². The van der Waals surface area contributed by atoms with Gasteiger partial charge in [-0.05, 0) is 56.1 Å². The monoisotopic (exact) mass is 554 g/mol. The molecule has 1 saturated carbocycles. The average Bonchev–Trinajstić information content (AvgIpc) is 3.34. The first kappa shape index (κ1) is 29.6. The molecule has 1 unspecified atom stereocenters. The van der Waals surface area contributed by atoms with Crippen LogP contribution in [-0.4, -0.2) is 48.8 Å². The summed E-state index contributed by atoms with van der Waals surface area (Å²) in [4.78, 5) is 37.7. The zero-order valence-electron chi connectivity index (χ0n) is 21.2. The summed E-state index contributed by atoms with van der Waals surface area (Å²) in [5, 5.41) is 21.1. The Morgan fingerprint density at radius 1 is 1.11 bits per heavy atom. The van der Waals surface area contributed by atoms with Crippen LogP contribution in [0.3, 0.4) is 0 Å². The molecule has 11 heteroatoms. The topological polar surface area (TPSA) is 114 Å². The summed E-state index contributed by atoms with van der Waals surface area (Å²) in [6.45, 7) is 5.02. The molecule has 7 nitrogen and oxygen atoms in total. The molecule has 1 aromatic heterocycles. The Hall–Kier alpha value is -2.92. The van der Waals surface area contributed by atoms with Gasteiger partial charge in [0, 0.05) is 23.3 Å². The minimum atomic E-state index is -5.19. The molecule has 1 aromatic carbocycles. The van der Waals surface area contributed by atoms with Gasteiger partial charge >= 0.3 is 12.1 Å². The molecule has 0 bridgehead atoms. The van der Waals surface area contributed by atoms with Crippen LogP contribution in [-0.2, 0) is 9.59 Å². The van der Waals surface area contributed by atoms with E-state index in [1.54, 1.807) is 0 Å². The number of rotatable bonds is 6. The van der Waals surface area contributed by atoms with Gasteiger partial charge in [-0.1, -0.05) is 37.3 Å². The Kier molecular flexibility index (Phi) is 10.3. The highest BCUT2D eigenvalue weighted by atomic mass is 32.1. The molecule has 4 rings (SSSR count). The third kappa shape index (κ3) is 8.04. The Balaban J connectivity index is 0.000000505. The summed E-state index contributed by atoms with van der Waals surface area (Å²) >= 11 is 1.27. The lowest BCUT2D eigenvalue weighted by Crippen LogP contribution is -2.87. The van der Waals surface area contributed by atoms with Crippen molar-refractivity contribution in [2.24, 2.45) is 17.8 Å². The number of carbonyl (C=O) groups excluding carboxylic acids is 2. The highest BCUT2D eigenvalue weighted by Crippen LogP contribution is 2.39. The molecule has 2 heterocycles. The molecular weight excluding hydrogens is 521 g/mol. The largest absolute Gasteiger partial charge is 0.542 e. The number of quaternary nitrogens is 1. The second kappa shape index (κ2) is 13.2. The van der Waals surface area contributed by atoms with Crippen molar-refractivity contribution in [3.63, 3.8) is 0 Å². The van der Waals surface area contributed by atoms with Crippen molar-refractivity contribution in [3.05, 3.63) is 41.3 Å². The van der Waals surface area contributed by atoms with E-state index in [0.29, 0.717) is 24.1 Å². The second-order valence-electron chi connectivity index (χ2n) is 10.0. The quantitative estimate of drug-likeness (QED) is 0.567. The van der Waals surface area contributed by atoms with Gasteiger partial charge in [-0.15, -0.1) is 11.3 Å². The van der Waals surface area contributed by atoms with Crippen LogP contribution >= 0.6 is 11.3 Å². The second-order valence-corrected chi connectivity index (χ2v) is 11.1. The summed E-state index contributed by atoms with van der Waals surface area (Å²) < 4.78 is 31.5. The maximum atomic E-state index is 13.7. The Morgan fingerprint density at radius 3 is 2.26 bits per heavy atom. The third-order valence-corrected chi connectivity index (χ3v) is 8.24. The van der Waals surface area contributed by atoms with Crippen molar-refractivity contribution >= 4 is 34.9 Å². The number of carboxylic acids is 2. The van der Waals surface area contributed by atoms with Crippen LogP contribution < -0.4 is 15.3 Å². The van der Waals surface area contributed by atoms with Crippen LogP contribution in [0.2, 0.25) is 0 Å². The lowest BCUT2D eigenvalue weighted by Gasteiger charge is -2.33. The molecule has 1 aliphatic heterocycles. The van der Waals surface area contributed by atoms with E-state index >= 15 is 0 Å². The molecule has 38 heavy (non-hydrogen) atoms. The summed E-state index contributed by atoms with van der Waals surface area (Å²) in [5.41, 5.74) is 1.58. The third-order valence-electron chi connectivity index (χ3n) is 7.08. The molecule has 1 saturated heterocycles. The smallest absolute Gasteiger partial charge is 0.430 e. The highest BCUT2D eigenvalue weighted by Gasteiger charge is 2.34. The molecule has 2 aromatic rings. The van der Waals surface area contributed by atoms with E-state index in [-0.39, 0.29) is 16.7 Å². The van der Waals surface area contributed by atoms with Crippen LogP contribution in [0.4, 0.5) is 18.9 Å². The van der Waals surface area contributed by atoms with Gasteiger partial charge in [0.25, 0.3) is 0 Å². The maximum absolute atomic E-state index is 13.7. The number of nitrogens with zero attached hydrogens (tertiary/aromatic N) is 1. The van der Waals surface area contributed by atoms with Gasteiger partial charge in [-0.25, -0.2) is 4.79 Å². The first-order valence-electron chi connectivity index (χ1n) is 12.8. The minimum Gasteiger partial charge on any atom is -0.542 e. The number of carboxylic acid groups (broad SMARTS) is 2. The van der Waals surface area contributed by atoms with Gasteiger partial charge in [0.1, 0.15) is 10.8 Å². The molecule has 208 valence electrons. The van der Waals surface area contributed by atoms with Gasteiger partial charge in [0.15, 0.2) is 0 Å². The van der Waals surface area contributed by atoms with E-state index in [2.05, 4.69) is 12.2 Å². The number of piperidine rings is 1. The number of aromatic carboxylic acids is 1. The van der Waals surface area contributed by atoms with Crippen LogP contribution in [0.25, 0.3) is 10.4 Å². The molecule has 3 N–H and O–H groups in total. The molecule has 0 radical (unpaired) electrons. The van der Waals surface area contributed by atoms with Crippen LogP contribution in [0, 0.1) is 17.8 Å². The van der Waals surface area contributed by atoms with E-state index in [1.807, 2.05) is 41.3 Å². The number of alkyl halides is 3. The van der Waals surface area contributed by atoms with Crippen molar-refractivity contribution < 1.29 is 43.1 Å². The van der Waals surface area contributed by atoms with Crippen LogP contribution in [0.1, 0.15) is 55.1 Å². The number of carbonyl (C=O) groups is 3. The first-order chi connectivity index (χ1) is 18.0. The Morgan fingerprint density at radius 2 is 1.74 bits per heavy atom. The van der Waals surface area contributed by atoms with Gasteiger partial charge in [-0.3, -0.25) is 4.79 Å². The van der Waals surface area contributed by atoms with E-state index < -0.39 is 18.1 Å². The van der Waals surface area contributed by atoms with Gasteiger partial charge in [0.05, 0.1) is 18.8 Å². The van der Waals surface area contributed by atoms with Crippen molar-refractivity contribution in [1.29, 1.82) is 0 Å². The lowest BCUT2D eigenvalue weighted by molar-refractivity contribution is -0.668. The summed E-state index contributed by atoms with van der Waals surface area (Å²) in [6.07, 6.45) is 1.02. The SMILES string of the molecule is CC1CCC(C(=O)N(CC2CCC[NH2+]C2)c2cc(-c3ccccc3)sc2C(=O)O)CC1.O=C([O-])C(F)(F)F. The van der Waals surface area contributed by atoms with Gasteiger partial charge in [0.2, 0.25) is 5.91 Å². The Labute approximate surface area is 223 Å². The fourth-order valence-corrected chi connectivity index (χ4v) is 5.97. The molecule has 2 aliphatic rings. The minimum absolute atomic E-state index is 0.00508. The van der Waals surface area contributed by atoms with Gasteiger partial charge < -0.3 is 25.2 Å². The first-order valence-corrected chi connectivity index (χ1v) is 13.6. The van der Waals surface area contributed by atoms with E-state index in [4.69, 9.17) is 9.90 Å². The van der Waals surface area contributed by atoms with Crippen LogP contribution in [0.15, 0.2) is 36.4 Å². The number of anilines is 1. The molecule has 1 atom stereocenters. The highest BCUT2D eigenvalue weighted by molar-refractivity contribution is 7.18. The molecule has 0 spiro atoms. The number of amides is 1. The number of benzene rings is 1. The number of hydrogen-bond donors (Lipinski definition) is 2. The number of nitrogens with two attached hydrogens (primary N) is 1. The fourth-order valence-electron chi connectivity index (χ4n) is 4.96. The number of thiophene rings is 1. The van der Waals surface area contributed by atoms with Gasteiger partial charge in [-0.2, -0.15) is 13.2 Å². The number of hydrogen-bond acceptors (Lipinski definition) is 5. The summed E-state index contributed by atoms with van der Waals surface area (Å²) in [5.74, 6) is -2.75. The molecule has 2 fully saturated rings. The summed E-state index contributed by atoms with van der Waals surface area (Å²) in [7, 11) is 0. The maximum Gasteiger partial charge on any atom is 0.430 e. The standard InChI is InChI=1S/C25H32N2O3S.C2HF3O2/c1-17-9-11-20(12-10-17)24(28)27(16-18-6-5-13-26-15-18)21-14-22(31-23(21)25(29)30)19-7-3-2-4-8-19;3-2(4,5)1(6)7/h2-4,7-8,14,17-18,20,26H,5-6,9-13,15-16H2,1H3,(H,29,30);(H,6,7). The summed E-state index contributed by atoms with van der Waals surface area (Å²) in [6, 6.07) is 11.8. The van der Waals surface area contributed by atoms with E-state index in [9.17, 15) is 27.9 Å². The molecule has 1 aliphatic carbocycles. The lowest BCUT2D eigenvalue weighted by atomic mass is 9.82. The number of halogens is 3. The molecular formula is C27H33F3N2O5S. The normalized spacial score (nSPS) is 21.6. The van der Waals surface area contributed by atoms with Crippen LogP contribution in [0.5, 0.6) is 0 Å². The van der Waals surface area contributed by atoms with E-state index in [1.165, 1.54) is 11.3 Å². The predicted octanol–water partition coefficient (Wildman–Crippen LogP) is 3.54.